The van der Waals surface area contributed by atoms with Crippen LogP contribution in [0.4, 0.5) is 10.5 Å². The van der Waals surface area contributed by atoms with Gasteiger partial charge in [0.05, 0.1) is 23.5 Å². The summed E-state index contributed by atoms with van der Waals surface area (Å²) in [5.74, 6) is -0.553. The Morgan fingerprint density at radius 1 is 1.05 bits per heavy atom. The quantitative estimate of drug-likeness (QED) is 0.100. The number of aryl methyl sites for hydroxylation is 1. The van der Waals surface area contributed by atoms with Gasteiger partial charge in [-0.3, -0.25) is 24.6 Å². The van der Waals surface area contributed by atoms with E-state index in [1.165, 1.54) is 50.4 Å². The molecule has 38 heavy (non-hydrogen) atoms. The molecule has 0 aromatic heterocycles. The molecule has 10 nitrogen and oxygen atoms in total. The second-order valence-corrected chi connectivity index (χ2v) is 11.8. The fourth-order valence-electron chi connectivity index (χ4n) is 3.51. The van der Waals surface area contributed by atoms with Gasteiger partial charge in [0, 0.05) is 15.2 Å². The number of nitro groups is 1. The molecule has 0 aliphatic carbocycles. The average molecular weight is 666 g/mol. The van der Waals surface area contributed by atoms with Crippen LogP contribution in [0.2, 0.25) is 0 Å². The molecule has 0 saturated carbocycles. The van der Waals surface area contributed by atoms with Crippen molar-refractivity contribution in [3.8, 4) is 11.5 Å². The summed E-state index contributed by atoms with van der Waals surface area (Å²) in [6.07, 6.45) is 1.50. The Bertz CT molecular complexity index is 1590. The van der Waals surface area contributed by atoms with Crippen LogP contribution in [0.15, 0.2) is 70.5 Å². The summed E-state index contributed by atoms with van der Waals surface area (Å²) in [5.41, 5.74) is 1.24. The van der Waals surface area contributed by atoms with E-state index in [1.54, 1.807) is 0 Å². The van der Waals surface area contributed by atoms with Crippen molar-refractivity contribution in [2.75, 3.05) is 7.11 Å². The van der Waals surface area contributed by atoms with Crippen LogP contribution in [0.25, 0.3) is 6.08 Å². The summed E-state index contributed by atoms with van der Waals surface area (Å²) in [6, 6.07) is 15.2. The van der Waals surface area contributed by atoms with Gasteiger partial charge in [-0.1, -0.05) is 24.3 Å². The summed E-state index contributed by atoms with van der Waals surface area (Å²) in [7, 11) is -3.11. The topological polar surface area (TPSA) is 133 Å². The molecule has 3 aromatic rings. The molecule has 13 heteroatoms. The van der Waals surface area contributed by atoms with E-state index in [0.29, 0.717) is 11.1 Å². The lowest BCUT2D eigenvalue weighted by molar-refractivity contribution is -0.385. The molecule has 0 bridgehead atoms. The zero-order chi connectivity index (χ0) is 27.6. The fourth-order valence-corrected chi connectivity index (χ4v) is 5.67. The molecule has 1 aliphatic rings. The molecular formula is C25H19IN2O8S2. The minimum absolute atomic E-state index is 0.0436. The first kappa shape index (κ1) is 27.6. The number of amides is 2. The molecule has 4 rings (SSSR count). The minimum atomic E-state index is -4.42. The highest BCUT2D eigenvalue weighted by atomic mass is 127. The molecule has 0 unspecified atom stereocenters. The molecule has 3 aromatic carbocycles. The van der Waals surface area contributed by atoms with Gasteiger partial charge in [0.1, 0.15) is 4.90 Å². The lowest BCUT2D eigenvalue weighted by Gasteiger charge is -2.12. The monoisotopic (exact) mass is 666 g/mol. The van der Waals surface area contributed by atoms with Crippen LogP contribution in [-0.4, -0.2) is 36.5 Å². The first-order chi connectivity index (χ1) is 18.0. The third kappa shape index (κ3) is 6.00. The molecular weight excluding hydrogens is 647 g/mol. The SMILES string of the molecule is COc1cc(/C=C2\SC(=O)N(Cc3ccc(I)cc3)C2=O)ccc1OS(=O)(=O)c1ccc(C)c([N+](=O)[O-])c1. The average Bonchev–Trinajstić information content (AvgIpc) is 3.13. The third-order valence-corrected chi connectivity index (χ3v) is 8.34. The lowest BCUT2D eigenvalue weighted by atomic mass is 10.1. The maximum absolute atomic E-state index is 12.9. The molecule has 2 amide bonds. The Morgan fingerprint density at radius 2 is 1.76 bits per heavy atom. The van der Waals surface area contributed by atoms with Gasteiger partial charge >= 0.3 is 10.1 Å². The van der Waals surface area contributed by atoms with Crippen molar-refractivity contribution in [3.05, 3.63) is 95.9 Å². The lowest BCUT2D eigenvalue weighted by Crippen LogP contribution is -2.27. The molecule has 196 valence electrons. The van der Waals surface area contributed by atoms with Crippen molar-refractivity contribution < 1.29 is 31.9 Å². The first-order valence-corrected chi connectivity index (χ1v) is 14.2. The van der Waals surface area contributed by atoms with E-state index < -0.39 is 26.2 Å². The minimum Gasteiger partial charge on any atom is -0.493 e. The molecule has 1 fully saturated rings. The van der Waals surface area contributed by atoms with Crippen LogP contribution in [0.1, 0.15) is 16.7 Å². The van der Waals surface area contributed by atoms with Gasteiger partial charge in [-0.2, -0.15) is 8.42 Å². The van der Waals surface area contributed by atoms with E-state index in [1.807, 2.05) is 24.3 Å². The zero-order valence-corrected chi connectivity index (χ0v) is 23.7. The molecule has 0 N–H and O–H groups in total. The van der Waals surface area contributed by atoms with Crippen LogP contribution in [-0.2, 0) is 21.5 Å². The number of benzene rings is 3. The predicted octanol–water partition coefficient (Wildman–Crippen LogP) is 5.52. The number of thioether (sulfide) groups is 1. The van der Waals surface area contributed by atoms with Gasteiger partial charge in [-0.25, -0.2) is 0 Å². The number of imide groups is 1. The van der Waals surface area contributed by atoms with Crippen molar-refractivity contribution >= 4 is 67.4 Å². The number of ether oxygens (including phenoxy) is 1. The van der Waals surface area contributed by atoms with Crippen LogP contribution < -0.4 is 8.92 Å². The van der Waals surface area contributed by atoms with Crippen molar-refractivity contribution in [2.24, 2.45) is 0 Å². The normalized spacial score (nSPS) is 14.7. The zero-order valence-electron chi connectivity index (χ0n) is 19.9. The number of halogens is 1. The highest BCUT2D eigenvalue weighted by Crippen LogP contribution is 2.36. The van der Waals surface area contributed by atoms with Crippen LogP contribution >= 0.6 is 34.4 Å². The van der Waals surface area contributed by atoms with E-state index in [-0.39, 0.29) is 33.5 Å². The largest absolute Gasteiger partial charge is 0.493 e. The standard InChI is InChI=1S/C25H19IN2O8S2/c1-15-3-9-19(13-20(15)28(31)32)38(33,34)36-21-10-6-17(11-22(21)35-2)12-23-24(29)27(25(30)37-23)14-16-4-7-18(26)8-5-16/h3-13H,14H2,1-2H3/b23-12-. The summed E-state index contributed by atoms with van der Waals surface area (Å²) < 4.78 is 37.1. The second kappa shape index (κ2) is 11.1. The Morgan fingerprint density at radius 3 is 2.42 bits per heavy atom. The van der Waals surface area contributed by atoms with Crippen molar-refractivity contribution in [2.45, 2.75) is 18.4 Å². The highest BCUT2D eigenvalue weighted by Gasteiger charge is 2.35. The van der Waals surface area contributed by atoms with E-state index in [9.17, 15) is 28.1 Å². The second-order valence-electron chi connectivity index (χ2n) is 8.05. The number of rotatable bonds is 8. The Hall–Kier alpha value is -3.43. The maximum atomic E-state index is 12.9. The van der Waals surface area contributed by atoms with Gasteiger partial charge in [0.15, 0.2) is 11.5 Å². The van der Waals surface area contributed by atoms with Gasteiger partial charge in [-0.05, 0) is 88.8 Å². The summed E-state index contributed by atoms with van der Waals surface area (Å²) in [6.45, 7) is 1.64. The molecule has 1 aliphatic heterocycles. The van der Waals surface area contributed by atoms with E-state index in [0.717, 1.165) is 31.9 Å². The fraction of sp³-hybridized carbons (Fsp3) is 0.120. The van der Waals surface area contributed by atoms with Gasteiger partial charge in [-0.15, -0.1) is 0 Å². The third-order valence-electron chi connectivity index (χ3n) is 5.48. The van der Waals surface area contributed by atoms with Gasteiger partial charge < -0.3 is 8.92 Å². The molecule has 0 atom stereocenters. The molecule has 0 spiro atoms. The number of nitro benzene ring substituents is 1. The number of hydrogen-bond acceptors (Lipinski definition) is 9. The van der Waals surface area contributed by atoms with E-state index >= 15 is 0 Å². The summed E-state index contributed by atoms with van der Waals surface area (Å²) >= 11 is 2.97. The van der Waals surface area contributed by atoms with E-state index in [4.69, 9.17) is 8.92 Å². The van der Waals surface area contributed by atoms with Crippen LogP contribution in [0.3, 0.4) is 0 Å². The Labute approximate surface area is 236 Å². The molecule has 1 heterocycles. The van der Waals surface area contributed by atoms with Crippen molar-refractivity contribution in [3.63, 3.8) is 0 Å². The number of nitrogens with zero attached hydrogens (tertiary/aromatic N) is 2. The number of carbonyl (C=O) groups is 2. The highest BCUT2D eigenvalue weighted by molar-refractivity contribution is 14.1. The van der Waals surface area contributed by atoms with Gasteiger partial charge in [0.25, 0.3) is 16.8 Å². The maximum Gasteiger partial charge on any atom is 0.339 e. The van der Waals surface area contributed by atoms with Crippen LogP contribution in [0, 0.1) is 20.6 Å². The number of carbonyl (C=O) groups excluding carboxylic acids is 2. The Balaban J connectivity index is 1.56. The van der Waals surface area contributed by atoms with Gasteiger partial charge in [0.2, 0.25) is 0 Å². The predicted molar refractivity (Wildman–Crippen MR) is 149 cm³/mol. The van der Waals surface area contributed by atoms with E-state index in [2.05, 4.69) is 22.6 Å². The van der Waals surface area contributed by atoms with Crippen LogP contribution in [0.5, 0.6) is 11.5 Å². The van der Waals surface area contributed by atoms with Crippen molar-refractivity contribution in [1.29, 1.82) is 0 Å². The molecule has 1 saturated heterocycles. The number of methoxy groups -OCH3 is 1. The Kier molecular flexibility index (Phi) is 8.08. The van der Waals surface area contributed by atoms with Crippen molar-refractivity contribution in [1.82, 2.24) is 4.90 Å². The smallest absolute Gasteiger partial charge is 0.339 e. The first-order valence-electron chi connectivity index (χ1n) is 10.9. The number of hydrogen-bond donors (Lipinski definition) is 0. The summed E-state index contributed by atoms with van der Waals surface area (Å²) in [4.78, 5) is 36.9. The molecule has 0 radical (unpaired) electrons. The summed E-state index contributed by atoms with van der Waals surface area (Å²) in [5, 5.41) is 10.8.